The average Bonchev–Trinajstić information content (AvgIpc) is 3.00. The number of aliphatic hydroxyl groups is 1. The van der Waals surface area contributed by atoms with Crippen LogP contribution in [0.25, 0.3) is 22.5 Å². The number of benzene rings is 1. The first-order chi connectivity index (χ1) is 15.7. The van der Waals surface area contributed by atoms with Crippen LogP contribution in [-0.4, -0.2) is 10.2 Å². The summed E-state index contributed by atoms with van der Waals surface area (Å²) in [5.41, 5.74) is 7.74. The van der Waals surface area contributed by atoms with Crippen molar-refractivity contribution in [2.75, 3.05) is 0 Å². The lowest BCUT2D eigenvalue weighted by molar-refractivity contribution is 0.241. The maximum atomic E-state index is 13.2. The summed E-state index contributed by atoms with van der Waals surface area (Å²) >= 11 is 0. The molecule has 170 valence electrons. The van der Waals surface area contributed by atoms with Gasteiger partial charge >= 0.3 is 0 Å². The molecule has 1 aromatic carbocycles. The molecule has 2 aromatic rings. The van der Waals surface area contributed by atoms with Crippen LogP contribution in [0, 0.1) is 20.8 Å². The smallest absolute Gasteiger partial charge is 0.231 e. The van der Waals surface area contributed by atoms with Gasteiger partial charge in [0.15, 0.2) is 5.76 Å². The van der Waals surface area contributed by atoms with Crippen molar-refractivity contribution in [2.24, 2.45) is 0 Å². The van der Waals surface area contributed by atoms with Crippen LogP contribution in [0.15, 0.2) is 57.7 Å². The Bertz CT molecular complexity index is 1340. The van der Waals surface area contributed by atoms with Crippen molar-refractivity contribution in [1.82, 2.24) is 0 Å². The van der Waals surface area contributed by atoms with Gasteiger partial charge in [0.1, 0.15) is 12.4 Å². The molecular weight excluding hydrogens is 412 g/mol. The van der Waals surface area contributed by atoms with E-state index >= 15 is 0 Å². The number of hydrogen-bond acceptors (Lipinski definition) is 4. The molecule has 4 rings (SSSR count). The van der Waals surface area contributed by atoms with Gasteiger partial charge in [0.05, 0.1) is 0 Å². The summed E-state index contributed by atoms with van der Waals surface area (Å²) in [5.74, 6) is 0.241. The van der Waals surface area contributed by atoms with Gasteiger partial charge in [0.2, 0.25) is 11.2 Å². The second-order valence-corrected chi connectivity index (χ2v) is 9.18. The standard InChI is InChI=1S/C29H30O4/c1-16(2)21-10-11-22-18(4)13-24(26(22)19(5)12-21)29-28(32)27(31)23(25(15-30)33-29)14-20-8-6-17(3)7-9-20/h6-13,16,30,32H,14-15H2,1-5H3. The average molecular weight is 443 g/mol. The second-order valence-electron chi connectivity index (χ2n) is 9.18. The monoisotopic (exact) mass is 442 g/mol. The number of aryl methyl sites for hydroxylation is 3. The Morgan fingerprint density at radius 1 is 0.909 bits per heavy atom. The third kappa shape index (κ3) is 4.19. The molecule has 0 spiro atoms. The molecular formula is C29H30O4. The Kier molecular flexibility index (Phi) is 6.13. The van der Waals surface area contributed by atoms with Gasteiger partial charge in [-0.2, -0.15) is 0 Å². The van der Waals surface area contributed by atoms with E-state index in [-0.39, 0.29) is 23.5 Å². The highest BCUT2D eigenvalue weighted by Crippen LogP contribution is 2.43. The molecule has 33 heavy (non-hydrogen) atoms. The molecule has 2 N–H and O–H groups in total. The molecule has 4 nitrogen and oxygen atoms in total. The van der Waals surface area contributed by atoms with Crippen LogP contribution in [0.4, 0.5) is 0 Å². The van der Waals surface area contributed by atoms with Crippen LogP contribution in [0.5, 0.6) is 5.75 Å². The normalized spacial score (nSPS) is 11.5. The Morgan fingerprint density at radius 3 is 2.24 bits per heavy atom. The fourth-order valence-electron chi connectivity index (χ4n) is 4.44. The molecule has 0 unspecified atom stereocenters. The second kappa shape index (κ2) is 8.87. The third-order valence-electron chi connectivity index (χ3n) is 6.37. The molecule has 0 saturated carbocycles. The van der Waals surface area contributed by atoms with Gasteiger partial charge in [-0.1, -0.05) is 61.9 Å². The van der Waals surface area contributed by atoms with E-state index in [2.05, 4.69) is 32.0 Å². The minimum atomic E-state index is -0.506. The molecule has 2 aliphatic rings. The molecule has 4 heteroatoms. The Morgan fingerprint density at radius 2 is 1.61 bits per heavy atom. The third-order valence-corrected chi connectivity index (χ3v) is 6.37. The van der Waals surface area contributed by atoms with Crippen molar-refractivity contribution in [3.63, 3.8) is 0 Å². The van der Waals surface area contributed by atoms with Crippen LogP contribution in [0.3, 0.4) is 0 Å². The van der Waals surface area contributed by atoms with E-state index in [4.69, 9.17) is 4.42 Å². The number of rotatable bonds is 5. The minimum Gasteiger partial charge on any atom is -0.502 e. The number of aromatic hydroxyl groups is 1. The van der Waals surface area contributed by atoms with E-state index in [0.717, 1.165) is 33.4 Å². The molecule has 2 aliphatic carbocycles. The Balaban J connectivity index is 1.91. The zero-order valence-electron chi connectivity index (χ0n) is 19.8. The largest absolute Gasteiger partial charge is 0.502 e. The van der Waals surface area contributed by atoms with E-state index in [1.165, 1.54) is 5.56 Å². The van der Waals surface area contributed by atoms with Crippen LogP contribution >= 0.6 is 0 Å². The summed E-state index contributed by atoms with van der Waals surface area (Å²) in [6, 6.07) is 16.1. The highest BCUT2D eigenvalue weighted by molar-refractivity contribution is 5.90. The van der Waals surface area contributed by atoms with Crippen LogP contribution in [-0.2, 0) is 13.0 Å². The Hall–Kier alpha value is -3.37. The fourth-order valence-corrected chi connectivity index (χ4v) is 4.44. The highest BCUT2D eigenvalue weighted by atomic mass is 16.4. The molecule has 0 radical (unpaired) electrons. The lowest BCUT2D eigenvalue weighted by atomic mass is 9.98. The lowest BCUT2D eigenvalue weighted by Crippen LogP contribution is -2.14. The number of fused-ring (bicyclic) bond motifs is 1. The minimum absolute atomic E-state index is 0.107. The van der Waals surface area contributed by atoms with Crippen LogP contribution in [0.1, 0.15) is 58.9 Å². The van der Waals surface area contributed by atoms with Gasteiger partial charge in [-0.15, -0.1) is 0 Å². The van der Waals surface area contributed by atoms with E-state index in [1.807, 2.05) is 51.1 Å². The first-order valence-electron chi connectivity index (χ1n) is 11.3. The van der Waals surface area contributed by atoms with Gasteiger partial charge in [0.25, 0.3) is 0 Å². The SMILES string of the molecule is Cc1ccc(Cc2c(CO)oc(-c3cc(C)c4ccc(C(C)C)cc(C)c3-4)c(O)c2=O)cc1. The van der Waals surface area contributed by atoms with Gasteiger partial charge in [-0.3, -0.25) is 4.79 Å². The summed E-state index contributed by atoms with van der Waals surface area (Å²) in [6.45, 7) is 9.91. The molecule has 0 atom stereocenters. The van der Waals surface area contributed by atoms with Crippen molar-refractivity contribution in [3.05, 3.63) is 97.9 Å². The predicted octanol–water partition coefficient (Wildman–Crippen LogP) is 6.25. The maximum Gasteiger partial charge on any atom is 0.231 e. The van der Waals surface area contributed by atoms with E-state index in [1.54, 1.807) is 0 Å². The summed E-state index contributed by atoms with van der Waals surface area (Å²) in [7, 11) is 0. The number of aliphatic hydroxyl groups excluding tert-OH is 1. The van der Waals surface area contributed by atoms with E-state index in [0.29, 0.717) is 11.5 Å². The summed E-state index contributed by atoms with van der Waals surface area (Å²) in [5, 5.41) is 21.0. The molecule has 0 saturated heterocycles. The van der Waals surface area contributed by atoms with Gasteiger partial charge in [0, 0.05) is 17.5 Å². The first-order valence-corrected chi connectivity index (χ1v) is 11.3. The molecule has 0 bridgehead atoms. The molecule has 1 heterocycles. The van der Waals surface area contributed by atoms with Gasteiger partial charge in [-0.05, 0) is 66.1 Å². The molecule has 0 fully saturated rings. The molecule has 0 aliphatic heterocycles. The number of hydrogen-bond donors (Lipinski definition) is 2. The van der Waals surface area contributed by atoms with Crippen molar-refractivity contribution in [1.29, 1.82) is 0 Å². The van der Waals surface area contributed by atoms with Gasteiger partial charge < -0.3 is 14.6 Å². The van der Waals surface area contributed by atoms with E-state index < -0.39 is 17.8 Å². The van der Waals surface area contributed by atoms with Crippen molar-refractivity contribution >= 4 is 0 Å². The Labute approximate surface area is 194 Å². The van der Waals surface area contributed by atoms with Crippen LogP contribution in [0.2, 0.25) is 0 Å². The summed E-state index contributed by atoms with van der Waals surface area (Å²) < 4.78 is 6.04. The predicted molar refractivity (Wildman–Crippen MR) is 132 cm³/mol. The molecule has 0 amide bonds. The van der Waals surface area contributed by atoms with Gasteiger partial charge in [-0.25, -0.2) is 0 Å². The highest BCUT2D eigenvalue weighted by Gasteiger charge is 2.25. The van der Waals surface area contributed by atoms with Crippen molar-refractivity contribution in [2.45, 2.75) is 53.6 Å². The lowest BCUT2D eigenvalue weighted by Gasteiger charge is -2.12. The quantitative estimate of drug-likeness (QED) is 0.383. The first kappa shape index (κ1) is 22.8. The van der Waals surface area contributed by atoms with Crippen molar-refractivity contribution < 1.29 is 14.6 Å². The summed E-state index contributed by atoms with van der Waals surface area (Å²) in [4.78, 5) is 13.2. The maximum absolute atomic E-state index is 13.2. The zero-order valence-corrected chi connectivity index (χ0v) is 19.8. The molecule has 1 aromatic heterocycles. The van der Waals surface area contributed by atoms with Crippen LogP contribution < -0.4 is 5.43 Å². The zero-order chi connectivity index (χ0) is 23.9. The fraction of sp³-hybridized carbons (Fsp3) is 0.276. The van der Waals surface area contributed by atoms with Crippen molar-refractivity contribution in [3.8, 4) is 28.2 Å². The van der Waals surface area contributed by atoms with E-state index in [9.17, 15) is 15.0 Å². The topological polar surface area (TPSA) is 70.7 Å². The summed E-state index contributed by atoms with van der Waals surface area (Å²) in [6.07, 6.45) is 0.277.